The van der Waals surface area contributed by atoms with Crippen LogP contribution in [0.4, 0.5) is 11.5 Å². The predicted molar refractivity (Wildman–Crippen MR) is 119 cm³/mol. The van der Waals surface area contributed by atoms with Crippen molar-refractivity contribution in [2.75, 3.05) is 5.32 Å². The number of nitrogens with one attached hydrogen (secondary N) is 1. The van der Waals surface area contributed by atoms with Crippen molar-refractivity contribution < 1.29 is 0 Å². The van der Waals surface area contributed by atoms with Crippen LogP contribution in [-0.2, 0) is 12.8 Å². The fourth-order valence-electron chi connectivity index (χ4n) is 3.80. The molecule has 6 heteroatoms. The van der Waals surface area contributed by atoms with Crippen LogP contribution in [0.3, 0.4) is 0 Å². The van der Waals surface area contributed by atoms with Gasteiger partial charge in [-0.15, -0.1) is 11.3 Å². The predicted octanol–water partition coefficient (Wildman–Crippen LogP) is 7.29. The van der Waals surface area contributed by atoms with Crippen LogP contribution >= 0.6 is 34.5 Å². The van der Waals surface area contributed by atoms with Gasteiger partial charge in [-0.05, 0) is 60.6 Å². The molecule has 3 nitrogen and oxygen atoms in total. The van der Waals surface area contributed by atoms with E-state index in [1.807, 2.05) is 6.07 Å². The highest BCUT2D eigenvalue weighted by atomic mass is 35.5. The summed E-state index contributed by atoms with van der Waals surface area (Å²) in [5.41, 5.74) is 6.04. The summed E-state index contributed by atoms with van der Waals surface area (Å²) in [4.78, 5) is 9.91. The summed E-state index contributed by atoms with van der Waals surface area (Å²) in [5, 5.41) is 7.75. The highest BCUT2D eigenvalue weighted by Crippen LogP contribution is 2.39. The van der Waals surface area contributed by atoms with Gasteiger partial charge in [0.05, 0.1) is 16.1 Å². The lowest BCUT2D eigenvalue weighted by Gasteiger charge is -2.16. The van der Waals surface area contributed by atoms with E-state index in [1.54, 1.807) is 29.8 Å². The molecule has 2 heterocycles. The molecule has 0 aliphatic heterocycles. The van der Waals surface area contributed by atoms with Gasteiger partial charge in [0, 0.05) is 16.0 Å². The number of benzene rings is 2. The van der Waals surface area contributed by atoms with Gasteiger partial charge in [-0.1, -0.05) is 41.4 Å². The number of halogens is 2. The molecule has 0 atom stereocenters. The summed E-state index contributed by atoms with van der Waals surface area (Å²) in [6, 6.07) is 12.2. The number of aromatic nitrogens is 2. The average molecular weight is 426 g/mol. The van der Waals surface area contributed by atoms with Gasteiger partial charge in [0.1, 0.15) is 17.0 Å². The van der Waals surface area contributed by atoms with Crippen molar-refractivity contribution in [3.05, 3.63) is 69.3 Å². The Morgan fingerprint density at radius 3 is 2.68 bits per heavy atom. The number of anilines is 2. The van der Waals surface area contributed by atoms with Crippen LogP contribution in [0.5, 0.6) is 0 Å². The first-order valence-electron chi connectivity index (χ1n) is 9.25. The molecule has 28 heavy (non-hydrogen) atoms. The molecule has 2 aromatic carbocycles. The number of thiophene rings is 1. The Morgan fingerprint density at radius 1 is 0.929 bits per heavy atom. The molecule has 140 valence electrons. The van der Waals surface area contributed by atoms with Gasteiger partial charge in [-0.2, -0.15) is 0 Å². The maximum Gasteiger partial charge on any atom is 0.143 e. The molecule has 0 saturated heterocycles. The van der Waals surface area contributed by atoms with Crippen molar-refractivity contribution in [1.82, 2.24) is 9.97 Å². The summed E-state index contributed by atoms with van der Waals surface area (Å²) in [5.74, 6) is 0.739. The molecule has 0 bridgehead atoms. The Kier molecular flexibility index (Phi) is 4.71. The van der Waals surface area contributed by atoms with Crippen LogP contribution in [0.15, 0.2) is 48.1 Å². The van der Waals surface area contributed by atoms with Crippen LogP contribution in [-0.4, -0.2) is 9.97 Å². The molecule has 0 radical (unpaired) electrons. The second kappa shape index (κ2) is 7.36. The Bertz CT molecular complexity index is 1190. The zero-order valence-corrected chi connectivity index (χ0v) is 17.3. The molecule has 0 amide bonds. The minimum absolute atomic E-state index is 0.599. The zero-order valence-electron chi connectivity index (χ0n) is 15.0. The number of nitrogens with zero attached hydrogens (tertiary/aromatic N) is 2. The molecule has 1 aliphatic carbocycles. The Labute approximate surface area is 177 Å². The van der Waals surface area contributed by atoms with E-state index in [-0.39, 0.29) is 0 Å². The van der Waals surface area contributed by atoms with Crippen molar-refractivity contribution in [2.24, 2.45) is 0 Å². The Morgan fingerprint density at radius 2 is 1.79 bits per heavy atom. The van der Waals surface area contributed by atoms with Gasteiger partial charge in [0.2, 0.25) is 0 Å². The molecule has 4 aromatic rings. The minimum atomic E-state index is 0.599. The summed E-state index contributed by atoms with van der Waals surface area (Å²) in [6.45, 7) is 0. The molecule has 0 saturated carbocycles. The van der Waals surface area contributed by atoms with Crippen LogP contribution in [0, 0.1) is 0 Å². The van der Waals surface area contributed by atoms with E-state index in [2.05, 4.69) is 38.9 Å². The van der Waals surface area contributed by atoms with E-state index < -0.39 is 0 Å². The average Bonchev–Trinajstić information content (AvgIpc) is 3.15. The van der Waals surface area contributed by atoms with E-state index in [1.165, 1.54) is 36.0 Å². The van der Waals surface area contributed by atoms with Gasteiger partial charge in [-0.3, -0.25) is 0 Å². The number of fused-ring (bicyclic) bond motifs is 2. The monoisotopic (exact) mass is 425 g/mol. The molecule has 0 unspecified atom stereocenters. The van der Waals surface area contributed by atoms with E-state index in [9.17, 15) is 0 Å². The summed E-state index contributed by atoms with van der Waals surface area (Å²) < 4.78 is 0. The number of aryl methyl sites for hydroxylation is 2. The normalized spacial score (nSPS) is 13.5. The molecule has 1 N–H and O–H groups in total. The quantitative estimate of drug-likeness (QED) is 0.374. The van der Waals surface area contributed by atoms with Crippen LogP contribution in [0.25, 0.3) is 21.3 Å². The van der Waals surface area contributed by atoms with Crippen molar-refractivity contribution in [3.63, 3.8) is 0 Å². The molecule has 0 spiro atoms. The highest BCUT2D eigenvalue weighted by Gasteiger charge is 2.16. The van der Waals surface area contributed by atoms with Crippen molar-refractivity contribution >= 4 is 56.3 Å². The maximum absolute atomic E-state index is 6.35. The zero-order chi connectivity index (χ0) is 19.1. The van der Waals surface area contributed by atoms with Crippen LogP contribution in [0.2, 0.25) is 10.0 Å². The Hall–Kier alpha value is -2.14. The number of hydrogen-bond acceptors (Lipinski definition) is 4. The summed E-state index contributed by atoms with van der Waals surface area (Å²) >= 11 is 14.1. The van der Waals surface area contributed by atoms with Crippen LogP contribution < -0.4 is 5.32 Å². The standard InChI is InChI=1S/C22H17Cl2N3S/c23-16-7-8-18(24)19(10-16)27-21-20-17(11-28-22(20)26-12-25-21)15-6-5-13-3-1-2-4-14(13)9-15/h5-12H,1-4H2,(H,25,26,27). The minimum Gasteiger partial charge on any atom is -0.338 e. The highest BCUT2D eigenvalue weighted by molar-refractivity contribution is 7.17. The fourth-order valence-corrected chi connectivity index (χ4v) is 5.06. The maximum atomic E-state index is 6.35. The lowest BCUT2D eigenvalue weighted by Crippen LogP contribution is -2.02. The first-order valence-corrected chi connectivity index (χ1v) is 10.9. The van der Waals surface area contributed by atoms with Crippen molar-refractivity contribution in [2.45, 2.75) is 25.7 Å². The lowest BCUT2D eigenvalue weighted by atomic mass is 9.89. The summed E-state index contributed by atoms with van der Waals surface area (Å²) in [6.07, 6.45) is 6.48. The van der Waals surface area contributed by atoms with Gasteiger partial charge in [0.15, 0.2) is 0 Å². The third-order valence-corrected chi connectivity index (χ3v) is 6.66. The summed E-state index contributed by atoms with van der Waals surface area (Å²) in [7, 11) is 0. The number of hydrogen-bond donors (Lipinski definition) is 1. The van der Waals surface area contributed by atoms with Crippen molar-refractivity contribution in [1.29, 1.82) is 0 Å². The van der Waals surface area contributed by atoms with Gasteiger partial charge in [-0.25, -0.2) is 9.97 Å². The van der Waals surface area contributed by atoms with E-state index in [0.717, 1.165) is 33.7 Å². The molecule has 5 rings (SSSR count). The van der Waals surface area contributed by atoms with Gasteiger partial charge < -0.3 is 5.32 Å². The molecule has 0 fully saturated rings. The first kappa shape index (κ1) is 17.9. The largest absolute Gasteiger partial charge is 0.338 e. The molecule has 2 aromatic heterocycles. The lowest BCUT2D eigenvalue weighted by molar-refractivity contribution is 0.686. The van der Waals surface area contributed by atoms with Gasteiger partial charge in [0.25, 0.3) is 0 Å². The topological polar surface area (TPSA) is 37.8 Å². The molecular weight excluding hydrogens is 409 g/mol. The second-order valence-electron chi connectivity index (χ2n) is 6.99. The van der Waals surface area contributed by atoms with E-state index >= 15 is 0 Å². The smallest absolute Gasteiger partial charge is 0.143 e. The van der Waals surface area contributed by atoms with Crippen LogP contribution in [0.1, 0.15) is 24.0 Å². The second-order valence-corrected chi connectivity index (χ2v) is 8.69. The van der Waals surface area contributed by atoms with Crippen molar-refractivity contribution in [3.8, 4) is 11.1 Å². The number of rotatable bonds is 3. The molecule has 1 aliphatic rings. The van der Waals surface area contributed by atoms with Gasteiger partial charge >= 0.3 is 0 Å². The third kappa shape index (κ3) is 3.26. The molecular formula is C22H17Cl2N3S. The fraction of sp³-hybridized carbons (Fsp3) is 0.182. The Balaban J connectivity index is 1.62. The third-order valence-electron chi connectivity index (χ3n) is 5.21. The first-order chi connectivity index (χ1) is 13.7. The van der Waals surface area contributed by atoms with E-state index in [0.29, 0.717) is 10.0 Å². The van der Waals surface area contributed by atoms with E-state index in [4.69, 9.17) is 23.2 Å². The SMILES string of the molecule is Clc1ccc(Cl)c(Nc2ncnc3scc(-c4ccc5c(c4)CCCC5)c23)c1.